The topological polar surface area (TPSA) is 24.1 Å². The van der Waals surface area contributed by atoms with Crippen LogP contribution in [0.2, 0.25) is 0 Å². The molecule has 0 unspecified atom stereocenters. The van der Waals surface area contributed by atoms with Crippen LogP contribution in [0.15, 0.2) is 97.1 Å². The van der Waals surface area contributed by atoms with Crippen molar-refractivity contribution in [1.29, 1.82) is 0 Å². The third-order valence-electron chi connectivity index (χ3n) is 7.96. The third-order valence-corrected chi connectivity index (χ3v) is 7.96. The van der Waals surface area contributed by atoms with E-state index in [-0.39, 0.29) is 0 Å². The van der Waals surface area contributed by atoms with Crippen LogP contribution in [0.4, 0.5) is 0 Å². The predicted octanol–water partition coefficient (Wildman–Crippen LogP) is 8.74. The minimum atomic E-state index is 0.373. The highest BCUT2D eigenvalue weighted by molar-refractivity contribution is 6.23. The lowest BCUT2D eigenvalue weighted by Crippen LogP contribution is -2.20. The zero-order chi connectivity index (χ0) is 25.0. The van der Waals surface area contributed by atoms with Crippen LogP contribution in [0.25, 0.3) is 43.1 Å². The number of rotatable bonds is 11. The summed E-state index contributed by atoms with van der Waals surface area (Å²) in [5.41, 5.74) is 2.80. The molecule has 6 aromatic rings. The molecule has 6 rings (SSSR count). The summed E-state index contributed by atoms with van der Waals surface area (Å²) in [4.78, 5) is 0. The van der Waals surface area contributed by atoms with Crippen LogP contribution in [0.1, 0.15) is 49.8 Å². The van der Waals surface area contributed by atoms with Crippen LogP contribution in [0, 0.1) is 0 Å². The molecule has 186 valence electrons. The highest BCUT2D eigenvalue weighted by atomic mass is 14.9. The monoisotopic (exact) mass is 484 g/mol. The van der Waals surface area contributed by atoms with Crippen molar-refractivity contribution in [3.63, 3.8) is 0 Å². The van der Waals surface area contributed by atoms with E-state index in [0.717, 1.165) is 19.6 Å². The second kappa shape index (κ2) is 10.9. The van der Waals surface area contributed by atoms with Gasteiger partial charge in [-0.2, -0.15) is 0 Å². The van der Waals surface area contributed by atoms with Gasteiger partial charge in [-0.15, -0.1) is 0 Å². The molecule has 0 saturated carbocycles. The molecule has 2 nitrogen and oxygen atoms in total. The summed E-state index contributed by atoms with van der Waals surface area (Å²) in [6.07, 6.45) is 5.00. The van der Waals surface area contributed by atoms with Gasteiger partial charge >= 0.3 is 0 Å². The predicted molar refractivity (Wildman–Crippen MR) is 161 cm³/mol. The number of nitrogens with one attached hydrogen (secondary N) is 2. The van der Waals surface area contributed by atoms with E-state index in [1.807, 2.05) is 0 Å². The fourth-order valence-corrected chi connectivity index (χ4v) is 5.96. The zero-order valence-electron chi connectivity index (χ0n) is 21.8. The largest absolute Gasteiger partial charge is 0.313 e. The Morgan fingerprint density at radius 3 is 2.05 bits per heavy atom. The molecule has 2 heteroatoms. The molecule has 0 bridgehead atoms. The Hall–Kier alpha value is -3.46. The molecule has 6 aromatic carbocycles. The van der Waals surface area contributed by atoms with E-state index in [1.54, 1.807) is 0 Å². The molecule has 0 amide bonds. The highest BCUT2D eigenvalue weighted by Gasteiger charge is 2.11. The average molecular weight is 485 g/mol. The summed E-state index contributed by atoms with van der Waals surface area (Å²) < 4.78 is 0. The van der Waals surface area contributed by atoms with E-state index in [2.05, 4.69) is 115 Å². The van der Waals surface area contributed by atoms with Crippen LogP contribution < -0.4 is 10.6 Å². The fourth-order valence-electron chi connectivity index (χ4n) is 5.96. The van der Waals surface area contributed by atoms with Crippen LogP contribution >= 0.6 is 0 Å². The average Bonchev–Trinajstić information content (AvgIpc) is 2.95. The number of hydrogen-bond donors (Lipinski definition) is 2. The first-order valence-corrected chi connectivity index (χ1v) is 13.9. The van der Waals surface area contributed by atoms with Crippen molar-refractivity contribution in [2.75, 3.05) is 13.1 Å². The lowest BCUT2D eigenvalue weighted by Gasteiger charge is -2.16. The van der Waals surface area contributed by atoms with Crippen molar-refractivity contribution >= 4 is 43.1 Å². The Kier molecular flexibility index (Phi) is 7.03. The van der Waals surface area contributed by atoms with Crippen molar-refractivity contribution in [3.05, 3.63) is 108 Å². The number of benzene rings is 6. The SMILES string of the molecule is C[C@H](NCCCCCCNCc1ccc2ccc3cccc4ccc1c2c34)c1cccc2ccccc12. The van der Waals surface area contributed by atoms with Gasteiger partial charge in [-0.25, -0.2) is 0 Å². The van der Waals surface area contributed by atoms with Crippen molar-refractivity contribution in [1.82, 2.24) is 10.6 Å². The van der Waals surface area contributed by atoms with Crippen LogP contribution in [-0.2, 0) is 6.54 Å². The maximum Gasteiger partial charge on any atom is 0.0297 e. The number of hydrogen-bond acceptors (Lipinski definition) is 2. The maximum atomic E-state index is 3.74. The van der Waals surface area contributed by atoms with Gasteiger partial charge in [0, 0.05) is 12.6 Å². The summed E-state index contributed by atoms with van der Waals surface area (Å²) in [6.45, 7) is 5.35. The molecular formula is C35H36N2. The number of fused-ring (bicyclic) bond motifs is 1. The molecule has 0 fully saturated rings. The van der Waals surface area contributed by atoms with Gasteiger partial charge in [0.15, 0.2) is 0 Å². The molecule has 37 heavy (non-hydrogen) atoms. The normalized spacial score (nSPS) is 12.8. The molecule has 0 aliphatic rings. The van der Waals surface area contributed by atoms with Crippen molar-refractivity contribution in [2.24, 2.45) is 0 Å². The smallest absolute Gasteiger partial charge is 0.0297 e. The van der Waals surface area contributed by atoms with Crippen molar-refractivity contribution in [3.8, 4) is 0 Å². The molecule has 0 heterocycles. The zero-order valence-corrected chi connectivity index (χ0v) is 21.8. The summed E-state index contributed by atoms with van der Waals surface area (Å²) in [5, 5.41) is 18.4. The Bertz CT molecular complexity index is 1610. The second-order valence-corrected chi connectivity index (χ2v) is 10.4. The van der Waals surface area contributed by atoms with E-state index in [1.165, 1.54) is 79.9 Å². The maximum absolute atomic E-state index is 3.74. The van der Waals surface area contributed by atoms with Crippen LogP contribution in [0.5, 0.6) is 0 Å². The van der Waals surface area contributed by atoms with E-state index in [9.17, 15) is 0 Å². The van der Waals surface area contributed by atoms with Gasteiger partial charge in [0.1, 0.15) is 0 Å². The van der Waals surface area contributed by atoms with E-state index in [4.69, 9.17) is 0 Å². The lowest BCUT2D eigenvalue weighted by atomic mass is 9.92. The lowest BCUT2D eigenvalue weighted by molar-refractivity contribution is 0.527. The van der Waals surface area contributed by atoms with Gasteiger partial charge in [0.2, 0.25) is 0 Å². The van der Waals surface area contributed by atoms with Gasteiger partial charge in [-0.1, -0.05) is 110 Å². The van der Waals surface area contributed by atoms with Crippen molar-refractivity contribution < 1.29 is 0 Å². The Labute approximate surface area is 220 Å². The molecule has 0 saturated heterocycles. The molecule has 2 N–H and O–H groups in total. The Balaban J connectivity index is 0.955. The standard InChI is InChI=1S/C35H36N2/c1-25(31-15-9-11-26-10-4-5-14-32(26)31)37-23-7-3-2-6-22-36-24-30-19-18-29-17-16-27-12-8-13-28-20-21-33(30)35(29)34(27)28/h4-5,8-21,25,36-37H,2-3,6-7,22-24H2,1H3/t25-/m0/s1. The minimum Gasteiger partial charge on any atom is -0.313 e. The summed E-state index contributed by atoms with van der Waals surface area (Å²) in [7, 11) is 0. The third kappa shape index (κ3) is 4.92. The van der Waals surface area contributed by atoms with Gasteiger partial charge in [-0.3, -0.25) is 0 Å². The van der Waals surface area contributed by atoms with E-state index in [0.29, 0.717) is 6.04 Å². The van der Waals surface area contributed by atoms with Gasteiger partial charge in [0.25, 0.3) is 0 Å². The molecule has 0 aliphatic carbocycles. The molecular weight excluding hydrogens is 448 g/mol. The van der Waals surface area contributed by atoms with E-state index < -0.39 is 0 Å². The quantitative estimate of drug-likeness (QED) is 0.142. The van der Waals surface area contributed by atoms with Gasteiger partial charge < -0.3 is 10.6 Å². The first-order valence-electron chi connectivity index (χ1n) is 13.9. The minimum absolute atomic E-state index is 0.373. The Morgan fingerprint density at radius 2 is 1.19 bits per heavy atom. The summed E-state index contributed by atoms with van der Waals surface area (Å²) in [6, 6.07) is 36.0. The van der Waals surface area contributed by atoms with Gasteiger partial charge in [0.05, 0.1) is 0 Å². The number of unbranched alkanes of at least 4 members (excludes halogenated alkanes) is 3. The van der Waals surface area contributed by atoms with Gasteiger partial charge in [-0.05, 0) is 87.1 Å². The molecule has 0 radical (unpaired) electrons. The first-order chi connectivity index (χ1) is 18.3. The summed E-state index contributed by atoms with van der Waals surface area (Å²) in [5.74, 6) is 0. The highest BCUT2D eigenvalue weighted by Crippen LogP contribution is 2.35. The Morgan fingerprint density at radius 1 is 0.541 bits per heavy atom. The molecule has 0 aliphatic heterocycles. The van der Waals surface area contributed by atoms with E-state index >= 15 is 0 Å². The van der Waals surface area contributed by atoms with Crippen molar-refractivity contribution in [2.45, 2.75) is 45.2 Å². The molecule has 1 atom stereocenters. The van der Waals surface area contributed by atoms with Crippen LogP contribution in [-0.4, -0.2) is 13.1 Å². The van der Waals surface area contributed by atoms with Crippen LogP contribution in [0.3, 0.4) is 0 Å². The molecule has 0 aromatic heterocycles. The summed E-state index contributed by atoms with van der Waals surface area (Å²) >= 11 is 0. The second-order valence-electron chi connectivity index (χ2n) is 10.4. The fraction of sp³-hybridized carbons (Fsp3) is 0.257. The first kappa shape index (κ1) is 23.9. The molecule has 0 spiro atoms.